The predicted octanol–water partition coefficient (Wildman–Crippen LogP) is -0.145. The zero-order valence-corrected chi connectivity index (χ0v) is 41.8. The van der Waals surface area contributed by atoms with E-state index in [2.05, 4.69) is 31.9 Å². The van der Waals surface area contributed by atoms with Gasteiger partial charge in [-0.2, -0.15) is 0 Å². The molecule has 3 atom stereocenters. The number of hydrogen-bond donors (Lipinski definition) is 7. The Morgan fingerprint density at radius 1 is 0.818 bits per heavy atom. The number of benzene rings is 2. The standard InChI is InChI=1S/C53H57N9O15/c1-2-53(73)35-19-38-47-33(25-62(38)51(71)34(35)26-74-52(53)72)32(31-18-39-40(77-28-76-39)20-36(31)60-47)21-56-50(70)48(30-12-13-30)75-27-58-43(65)23-57-49(69)37(17-29-9-5-3-6-10-29)59-44(66)24-55-42(64)22-54-41(63)11-7-4-8-16-61-45(67)14-15-46(61)68/h3,5-6,9-10,14-15,18-20,30,37,48,73H,2,4,7-8,11-13,16-17,21-28H2,1H3,(H,54,63)(H,55,64)(H,56,70)(H,57,69)(H,58,65)(H,59,66)/t37-,48+,53-/m0/s1/i28D2. The van der Waals surface area contributed by atoms with Gasteiger partial charge in [-0.25, -0.2) is 9.78 Å². The maximum Gasteiger partial charge on any atom is 0.343 e. The van der Waals surface area contributed by atoms with E-state index in [9.17, 15) is 53.1 Å². The van der Waals surface area contributed by atoms with E-state index in [1.165, 1.54) is 28.9 Å². The fourth-order valence-electron chi connectivity index (χ4n) is 9.50. The number of aliphatic hydroxyl groups is 1. The highest BCUT2D eigenvalue weighted by Crippen LogP contribution is 2.43. The zero-order chi connectivity index (χ0) is 56.2. The predicted molar refractivity (Wildman–Crippen MR) is 269 cm³/mol. The van der Waals surface area contributed by atoms with Gasteiger partial charge in [-0.05, 0) is 61.3 Å². The minimum absolute atomic E-state index is 0.0101. The number of unbranched alkanes of at least 4 members (excludes halogenated alkanes) is 2. The number of fused-ring (bicyclic) bond motifs is 6. The minimum atomic E-state index is -2.47. The smallest absolute Gasteiger partial charge is 0.343 e. The lowest BCUT2D eigenvalue weighted by Crippen LogP contribution is -2.52. The van der Waals surface area contributed by atoms with Crippen LogP contribution >= 0.6 is 0 Å². The van der Waals surface area contributed by atoms with Crippen molar-refractivity contribution in [3.8, 4) is 22.9 Å². The van der Waals surface area contributed by atoms with Gasteiger partial charge in [0.1, 0.15) is 28.2 Å². The summed E-state index contributed by atoms with van der Waals surface area (Å²) in [5.41, 5.74) is 0.318. The van der Waals surface area contributed by atoms with Gasteiger partial charge < -0.3 is 60.5 Å². The lowest BCUT2D eigenvalue weighted by molar-refractivity contribution is -0.172. The number of amides is 8. The molecule has 2 aromatic heterocycles. The number of cyclic esters (lactones) is 1. The summed E-state index contributed by atoms with van der Waals surface area (Å²) in [6.07, 6.45) is 4.30. The van der Waals surface area contributed by atoms with Gasteiger partial charge in [-0.3, -0.25) is 48.1 Å². The first-order chi connectivity index (χ1) is 37.8. The molecule has 6 heterocycles. The highest BCUT2D eigenvalue weighted by Gasteiger charge is 2.46. The van der Waals surface area contributed by atoms with Gasteiger partial charge in [-0.15, -0.1) is 0 Å². The van der Waals surface area contributed by atoms with Crippen molar-refractivity contribution >= 4 is 64.1 Å². The minimum Gasteiger partial charge on any atom is -0.458 e. The first-order valence-electron chi connectivity index (χ1n) is 26.2. The van der Waals surface area contributed by atoms with Crippen molar-refractivity contribution in [2.24, 2.45) is 5.92 Å². The van der Waals surface area contributed by atoms with Crippen LogP contribution in [0.15, 0.2) is 65.5 Å². The molecular formula is C53H57N9O15. The van der Waals surface area contributed by atoms with Crippen molar-refractivity contribution in [2.75, 3.05) is 39.7 Å². The Labute approximate surface area is 442 Å². The molecule has 404 valence electrons. The monoisotopic (exact) mass is 1060 g/mol. The largest absolute Gasteiger partial charge is 0.458 e. The van der Waals surface area contributed by atoms with E-state index in [0.717, 1.165) is 4.90 Å². The molecule has 0 saturated heterocycles. The third-order valence-corrected chi connectivity index (χ3v) is 13.9. The summed E-state index contributed by atoms with van der Waals surface area (Å²) in [4.78, 5) is 134. The van der Waals surface area contributed by atoms with Crippen LogP contribution in [0, 0.1) is 5.92 Å². The molecule has 4 aromatic rings. The molecule has 1 saturated carbocycles. The van der Waals surface area contributed by atoms with Gasteiger partial charge in [-0.1, -0.05) is 43.7 Å². The van der Waals surface area contributed by atoms with E-state index in [1.807, 2.05) is 0 Å². The average molecular weight is 1060 g/mol. The van der Waals surface area contributed by atoms with Crippen molar-refractivity contribution in [3.05, 3.63) is 98.9 Å². The summed E-state index contributed by atoms with van der Waals surface area (Å²) in [6.45, 7) is -3.01. The van der Waals surface area contributed by atoms with E-state index in [1.54, 1.807) is 43.3 Å². The number of imide groups is 1. The second-order valence-corrected chi connectivity index (χ2v) is 19.1. The summed E-state index contributed by atoms with van der Waals surface area (Å²) >= 11 is 0. The number of carbonyl (C=O) groups is 9. The first-order valence-corrected chi connectivity index (χ1v) is 25.2. The zero-order valence-electron chi connectivity index (χ0n) is 43.8. The SMILES string of the molecule is [2H]C1([2H])Oc2cc3nc4c(c(CNC(=O)[C@H](OCNC(=O)CNC(=O)[C@H](Cc5ccccc5)NC(=O)CNC(=O)CNC(=O)CCCCCN5C(=O)C=CC5=O)C5CC5)c3cc2O1)Cn1c-4cc2c(c1=O)COC(=O)[C@]2(O)CC. The summed E-state index contributed by atoms with van der Waals surface area (Å²) < 4.78 is 39.4. The molecule has 0 unspecified atom stereocenters. The van der Waals surface area contributed by atoms with E-state index < -0.39 is 97.8 Å². The number of carbonyl (C=O) groups excluding carboxylic acids is 9. The lowest BCUT2D eigenvalue weighted by Gasteiger charge is -2.31. The second-order valence-electron chi connectivity index (χ2n) is 19.1. The van der Waals surface area contributed by atoms with Gasteiger partial charge in [0, 0.05) is 60.7 Å². The lowest BCUT2D eigenvalue weighted by atomic mass is 9.86. The summed E-state index contributed by atoms with van der Waals surface area (Å²) in [7, 11) is 0. The van der Waals surface area contributed by atoms with Gasteiger partial charge >= 0.3 is 5.97 Å². The molecule has 0 radical (unpaired) electrons. The third kappa shape index (κ3) is 12.0. The molecule has 9 rings (SSSR count). The number of esters is 1. The Balaban J connectivity index is 0.774. The van der Waals surface area contributed by atoms with Crippen molar-refractivity contribution in [3.63, 3.8) is 0 Å². The van der Waals surface area contributed by atoms with Crippen molar-refractivity contribution < 1.29 is 69.9 Å². The number of hydrogen-bond acceptors (Lipinski definition) is 16. The van der Waals surface area contributed by atoms with Crippen LogP contribution < -0.4 is 46.9 Å². The maximum absolute atomic E-state index is 14.0. The van der Waals surface area contributed by atoms with Crippen LogP contribution in [0.25, 0.3) is 22.3 Å². The molecule has 1 aliphatic carbocycles. The molecule has 1 fully saturated rings. The van der Waals surface area contributed by atoms with Crippen LogP contribution in [0.1, 0.15) is 82.4 Å². The highest BCUT2D eigenvalue weighted by atomic mass is 16.7. The number of aromatic nitrogens is 2. The fourth-order valence-corrected chi connectivity index (χ4v) is 9.50. The second kappa shape index (κ2) is 23.2. The van der Waals surface area contributed by atoms with Gasteiger partial charge in [0.15, 0.2) is 17.1 Å². The molecule has 77 heavy (non-hydrogen) atoms. The molecule has 24 nitrogen and oxygen atoms in total. The van der Waals surface area contributed by atoms with Crippen LogP contribution in [-0.2, 0) is 84.3 Å². The summed E-state index contributed by atoms with van der Waals surface area (Å²) in [5, 5.41) is 27.3. The Bertz CT molecular complexity index is 3240. The van der Waals surface area contributed by atoms with Gasteiger partial charge in [0.2, 0.25) is 42.2 Å². The molecule has 2 aromatic carbocycles. The van der Waals surface area contributed by atoms with Gasteiger partial charge in [0.25, 0.3) is 17.4 Å². The highest BCUT2D eigenvalue weighted by molar-refractivity contribution is 6.12. The molecule has 7 N–H and O–H groups in total. The number of ether oxygens (including phenoxy) is 4. The molecule has 0 bridgehead atoms. The van der Waals surface area contributed by atoms with E-state index in [-0.39, 0.29) is 85.9 Å². The van der Waals surface area contributed by atoms with Crippen LogP contribution in [0.3, 0.4) is 0 Å². The summed E-state index contributed by atoms with van der Waals surface area (Å²) in [6, 6.07) is 12.1. The summed E-state index contributed by atoms with van der Waals surface area (Å²) in [5.74, 6) is -5.38. The average Bonchev–Trinajstić information content (AvgIpc) is 4.16. The Morgan fingerprint density at radius 2 is 1.52 bits per heavy atom. The maximum atomic E-state index is 14.0. The van der Waals surface area contributed by atoms with E-state index in [0.29, 0.717) is 71.1 Å². The third-order valence-electron chi connectivity index (χ3n) is 13.9. The normalized spacial score (nSPS) is 18.5. The van der Waals surface area contributed by atoms with Crippen LogP contribution in [0.2, 0.25) is 0 Å². The quantitative estimate of drug-likeness (QED) is 0.0183. The van der Waals surface area contributed by atoms with Crippen molar-refractivity contribution in [1.82, 2.24) is 46.4 Å². The Morgan fingerprint density at radius 3 is 2.26 bits per heavy atom. The Kier molecular flexibility index (Phi) is 15.2. The molecule has 5 aliphatic rings. The van der Waals surface area contributed by atoms with E-state index in [4.69, 9.17) is 26.7 Å². The van der Waals surface area contributed by atoms with E-state index >= 15 is 0 Å². The van der Waals surface area contributed by atoms with Crippen LogP contribution in [0.4, 0.5) is 0 Å². The number of rotatable bonds is 24. The van der Waals surface area contributed by atoms with Crippen LogP contribution in [0.5, 0.6) is 11.5 Å². The van der Waals surface area contributed by atoms with Gasteiger partial charge in [0.05, 0.1) is 48.6 Å². The molecule has 4 aliphatic heterocycles. The number of nitrogens with one attached hydrogen (secondary N) is 6. The first kappa shape index (κ1) is 50.6. The van der Waals surface area contributed by atoms with Crippen molar-refractivity contribution in [1.29, 1.82) is 0 Å². The molecular weight excluding hydrogens is 1000 g/mol. The number of pyridine rings is 2. The molecule has 0 spiro atoms. The van der Waals surface area contributed by atoms with Crippen LogP contribution in [-0.4, -0.2) is 125 Å². The molecule has 8 amide bonds. The Hall–Kier alpha value is -8.51. The van der Waals surface area contributed by atoms with Crippen molar-refractivity contribution in [2.45, 2.75) is 95.7 Å². The fraction of sp³-hybridized carbons (Fsp3) is 0.415. The molecule has 24 heteroatoms. The topological polar surface area (TPSA) is 321 Å². The number of nitrogens with zero attached hydrogens (tertiary/aromatic N) is 3.